The highest BCUT2D eigenvalue weighted by Crippen LogP contribution is 2.27. The predicted molar refractivity (Wildman–Crippen MR) is 74.5 cm³/mol. The van der Waals surface area contributed by atoms with Gasteiger partial charge < -0.3 is 5.73 Å². The van der Waals surface area contributed by atoms with Crippen LogP contribution in [0, 0.1) is 17.5 Å². The van der Waals surface area contributed by atoms with Crippen LogP contribution in [-0.2, 0) is 19.9 Å². The highest BCUT2D eigenvalue weighted by molar-refractivity contribution is 6.31. The summed E-state index contributed by atoms with van der Waals surface area (Å²) in [5.74, 6) is -4.03. The monoisotopic (exact) mass is 317 g/mol. The van der Waals surface area contributed by atoms with Gasteiger partial charge in [-0.3, -0.25) is 4.68 Å². The Hall–Kier alpha value is -1.53. The van der Waals surface area contributed by atoms with Gasteiger partial charge in [-0.1, -0.05) is 24.6 Å². The average molecular weight is 318 g/mol. The minimum Gasteiger partial charge on any atom is -0.324 e. The Labute approximate surface area is 125 Å². The van der Waals surface area contributed by atoms with E-state index in [1.807, 2.05) is 6.92 Å². The van der Waals surface area contributed by atoms with Crippen LogP contribution >= 0.6 is 11.6 Å². The maximum Gasteiger partial charge on any atom is 0.194 e. The molecule has 1 atom stereocenters. The molecule has 0 radical (unpaired) electrons. The smallest absolute Gasteiger partial charge is 0.194 e. The van der Waals surface area contributed by atoms with Crippen LogP contribution in [0.5, 0.6) is 0 Å². The maximum absolute atomic E-state index is 13.7. The molecule has 3 nitrogen and oxygen atoms in total. The van der Waals surface area contributed by atoms with Gasteiger partial charge in [0.2, 0.25) is 0 Å². The minimum absolute atomic E-state index is 0.0933. The second kappa shape index (κ2) is 6.07. The first-order valence-electron chi connectivity index (χ1n) is 6.46. The Morgan fingerprint density at radius 3 is 2.52 bits per heavy atom. The molecule has 0 spiro atoms. The van der Waals surface area contributed by atoms with Gasteiger partial charge in [0.05, 0.1) is 16.4 Å². The average Bonchev–Trinajstić information content (AvgIpc) is 2.72. The fraction of sp³-hybridized carbons (Fsp3) is 0.357. The third-order valence-electron chi connectivity index (χ3n) is 3.38. The quantitative estimate of drug-likeness (QED) is 0.879. The molecule has 21 heavy (non-hydrogen) atoms. The molecule has 0 amide bonds. The summed E-state index contributed by atoms with van der Waals surface area (Å²) in [6.07, 6.45) is 0.825. The molecule has 0 aliphatic heterocycles. The lowest BCUT2D eigenvalue weighted by Crippen LogP contribution is -2.18. The second-order valence-corrected chi connectivity index (χ2v) is 5.14. The molecular formula is C14H15ClF3N3. The van der Waals surface area contributed by atoms with E-state index in [1.165, 1.54) is 0 Å². The van der Waals surface area contributed by atoms with Gasteiger partial charge >= 0.3 is 0 Å². The zero-order chi connectivity index (χ0) is 15.7. The van der Waals surface area contributed by atoms with Crippen molar-refractivity contribution in [2.75, 3.05) is 0 Å². The van der Waals surface area contributed by atoms with Crippen molar-refractivity contribution in [3.8, 4) is 0 Å². The van der Waals surface area contributed by atoms with Gasteiger partial charge in [0.25, 0.3) is 0 Å². The molecule has 0 saturated heterocycles. The number of rotatable bonds is 4. The second-order valence-electron chi connectivity index (χ2n) is 4.76. The summed E-state index contributed by atoms with van der Waals surface area (Å²) in [7, 11) is 1.70. The van der Waals surface area contributed by atoms with E-state index in [0.717, 1.165) is 12.1 Å². The summed E-state index contributed by atoms with van der Waals surface area (Å²) >= 11 is 6.19. The molecule has 2 rings (SSSR count). The first kappa shape index (κ1) is 15.9. The van der Waals surface area contributed by atoms with Crippen molar-refractivity contribution in [2.24, 2.45) is 12.8 Å². The molecule has 0 aliphatic rings. The number of aryl methyl sites for hydroxylation is 2. The number of hydrogen-bond acceptors (Lipinski definition) is 2. The summed E-state index contributed by atoms with van der Waals surface area (Å²) in [5, 5.41) is 4.70. The predicted octanol–water partition coefficient (Wildman–Crippen LogP) is 3.30. The Morgan fingerprint density at radius 1 is 1.29 bits per heavy atom. The van der Waals surface area contributed by atoms with E-state index in [1.54, 1.807) is 11.7 Å². The van der Waals surface area contributed by atoms with Crippen LogP contribution in [0.2, 0.25) is 5.02 Å². The van der Waals surface area contributed by atoms with Crippen LogP contribution in [0.15, 0.2) is 12.1 Å². The first-order valence-corrected chi connectivity index (χ1v) is 6.83. The van der Waals surface area contributed by atoms with E-state index in [-0.39, 0.29) is 12.0 Å². The first-order chi connectivity index (χ1) is 9.86. The van der Waals surface area contributed by atoms with Crippen molar-refractivity contribution in [3.63, 3.8) is 0 Å². The van der Waals surface area contributed by atoms with Gasteiger partial charge in [0.1, 0.15) is 0 Å². The third-order valence-corrected chi connectivity index (χ3v) is 3.82. The lowest BCUT2D eigenvalue weighted by atomic mass is 10.0. The van der Waals surface area contributed by atoms with E-state index in [4.69, 9.17) is 17.3 Å². The van der Waals surface area contributed by atoms with Crippen LogP contribution in [0.3, 0.4) is 0 Å². The number of nitrogens with two attached hydrogens (primary N) is 1. The summed E-state index contributed by atoms with van der Waals surface area (Å²) in [4.78, 5) is 0. The number of nitrogens with zero attached hydrogens (tertiary/aromatic N) is 2. The Balaban J connectivity index is 2.33. The highest BCUT2D eigenvalue weighted by Gasteiger charge is 2.21. The van der Waals surface area contributed by atoms with Crippen molar-refractivity contribution in [3.05, 3.63) is 51.6 Å². The number of hydrogen-bond donors (Lipinski definition) is 1. The van der Waals surface area contributed by atoms with Crippen molar-refractivity contribution >= 4 is 11.6 Å². The summed E-state index contributed by atoms with van der Waals surface area (Å²) < 4.78 is 41.5. The number of benzene rings is 1. The lowest BCUT2D eigenvalue weighted by Gasteiger charge is -2.14. The molecule has 1 unspecified atom stereocenters. The van der Waals surface area contributed by atoms with Crippen molar-refractivity contribution in [1.82, 2.24) is 9.78 Å². The molecule has 114 valence electrons. The minimum atomic E-state index is -1.52. The fourth-order valence-electron chi connectivity index (χ4n) is 2.19. The number of halogens is 4. The van der Waals surface area contributed by atoms with Crippen molar-refractivity contribution in [2.45, 2.75) is 25.8 Å². The lowest BCUT2D eigenvalue weighted by molar-refractivity contribution is 0.434. The third kappa shape index (κ3) is 2.91. The standard InChI is InChI=1S/C14H15ClF3N3/c1-3-10-12(15)11(21(2)20-10)6-9(19)7-4-5-8(16)14(18)13(7)17/h4-5,9H,3,6,19H2,1-2H3. The van der Waals surface area contributed by atoms with Crippen LogP contribution in [0.1, 0.15) is 29.9 Å². The molecule has 0 fully saturated rings. The molecule has 2 N–H and O–H groups in total. The SMILES string of the molecule is CCc1nn(C)c(CC(N)c2ccc(F)c(F)c2F)c1Cl. The molecule has 2 aromatic rings. The Kier molecular flexibility index (Phi) is 4.58. The van der Waals surface area contributed by atoms with Crippen molar-refractivity contribution in [1.29, 1.82) is 0 Å². The molecule has 0 aliphatic carbocycles. The van der Waals surface area contributed by atoms with Crippen LogP contribution < -0.4 is 5.73 Å². The van der Waals surface area contributed by atoms with Gasteiger partial charge in [0, 0.05) is 25.1 Å². The van der Waals surface area contributed by atoms with Crippen LogP contribution in [0.25, 0.3) is 0 Å². The zero-order valence-electron chi connectivity index (χ0n) is 11.6. The Morgan fingerprint density at radius 2 is 1.95 bits per heavy atom. The van der Waals surface area contributed by atoms with E-state index >= 15 is 0 Å². The number of aromatic nitrogens is 2. The van der Waals surface area contributed by atoms with E-state index in [9.17, 15) is 13.2 Å². The largest absolute Gasteiger partial charge is 0.324 e. The molecular weight excluding hydrogens is 303 g/mol. The molecule has 7 heteroatoms. The van der Waals surface area contributed by atoms with Crippen molar-refractivity contribution < 1.29 is 13.2 Å². The van der Waals surface area contributed by atoms with Gasteiger partial charge in [0.15, 0.2) is 17.5 Å². The van der Waals surface area contributed by atoms with Gasteiger partial charge in [-0.05, 0) is 12.5 Å². The molecule has 0 saturated carbocycles. The fourth-order valence-corrected chi connectivity index (χ4v) is 2.56. The van der Waals surface area contributed by atoms with Crippen LogP contribution in [-0.4, -0.2) is 9.78 Å². The summed E-state index contributed by atoms with van der Waals surface area (Å²) in [6, 6.07) is 1.15. The van der Waals surface area contributed by atoms with E-state index < -0.39 is 23.5 Å². The Bertz CT molecular complexity index is 670. The van der Waals surface area contributed by atoms with Crippen LogP contribution in [0.4, 0.5) is 13.2 Å². The molecule has 1 aromatic heterocycles. The van der Waals surface area contributed by atoms with E-state index in [0.29, 0.717) is 22.8 Å². The normalized spacial score (nSPS) is 12.7. The van der Waals surface area contributed by atoms with Gasteiger partial charge in [-0.2, -0.15) is 5.10 Å². The summed E-state index contributed by atoms with van der Waals surface area (Å²) in [6.45, 7) is 1.91. The molecule has 0 bridgehead atoms. The zero-order valence-corrected chi connectivity index (χ0v) is 12.4. The maximum atomic E-state index is 13.7. The van der Waals surface area contributed by atoms with Gasteiger partial charge in [-0.25, -0.2) is 13.2 Å². The summed E-state index contributed by atoms with van der Waals surface area (Å²) in [5.41, 5.74) is 7.16. The molecule has 1 heterocycles. The topological polar surface area (TPSA) is 43.8 Å². The highest BCUT2D eigenvalue weighted by atomic mass is 35.5. The molecule has 1 aromatic carbocycles. The van der Waals surface area contributed by atoms with E-state index in [2.05, 4.69) is 5.10 Å². The van der Waals surface area contributed by atoms with Gasteiger partial charge in [-0.15, -0.1) is 0 Å².